The second kappa shape index (κ2) is 6.74. The molecule has 2 aromatic carbocycles. The van der Waals surface area contributed by atoms with Crippen LogP contribution in [0.25, 0.3) is 17.0 Å². The molecule has 138 valence electrons. The van der Waals surface area contributed by atoms with Gasteiger partial charge in [0.05, 0.1) is 23.1 Å². The van der Waals surface area contributed by atoms with E-state index in [1.165, 1.54) is 19.3 Å². The molecule has 4 rings (SSSR count). The van der Waals surface area contributed by atoms with Crippen LogP contribution in [-0.2, 0) is 9.59 Å². The number of ketones is 1. The first-order valence-corrected chi connectivity index (χ1v) is 8.65. The monoisotopic (exact) mass is 373 g/mol. The van der Waals surface area contributed by atoms with Crippen molar-refractivity contribution in [2.24, 2.45) is 0 Å². The summed E-state index contributed by atoms with van der Waals surface area (Å²) in [6.45, 7) is 1.44. The summed E-state index contributed by atoms with van der Waals surface area (Å²) in [6, 6.07) is 13.1. The minimum Gasteiger partial charge on any atom is -0.463 e. The molecule has 1 aliphatic rings. The predicted molar refractivity (Wildman–Crippen MR) is 104 cm³/mol. The Kier molecular flexibility index (Phi) is 4.24. The molecule has 0 bridgehead atoms. The maximum Gasteiger partial charge on any atom is 0.261 e. The van der Waals surface area contributed by atoms with E-state index in [-0.39, 0.29) is 28.8 Å². The van der Waals surface area contributed by atoms with E-state index in [2.05, 4.69) is 0 Å². The lowest BCUT2D eigenvalue weighted by molar-refractivity contribution is -0.120. The van der Waals surface area contributed by atoms with Crippen LogP contribution in [0.4, 0.5) is 5.69 Å². The van der Waals surface area contributed by atoms with E-state index in [1.807, 2.05) is 0 Å². The number of fused-ring (bicyclic) bond motifs is 1. The smallest absolute Gasteiger partial charge is 0.261 e. The van der Waals surface area contributed by atoms with E-state index in [0.717, 1.165) is 4.90 Å². The molecular formula is C22H15NO5. The Labute approximate surface area is 159 Å². The minimum atomic E-state index is -0.492. The number of hydrogen-bond acceptors (Lipinski definition) is 5. The normalized spacial score (nSPS) is 15.6. The first-order valence-electron chi connectivity index (χ1n) is 8.65. The van der Waals surface area contributed by atoms with Crippen molar-refractivity contribution in [2.45, 2.75) is 13.3 Å². The number of rotatable bonds is 3. The molecule has 1 aliphatic heterocycles. The third kappa shape index (κ3) is 2.95. The second-order valence-corrected chi connectivity index (χ2v) is 6.50. The van der Waals surface area contributed by atoms with Crippen molar-refractivity contribution in [1.82, 2.24) is 0 Å². The van der Waals surface area contributed by atoms with Crippen LogP contribution in [0.15, 0.2) is 69.6 Å². The van der Waals surface area contributed by atoms with Gasteiger partial charge >= 0.3 is 0 Å². The molecule has 0 atom stereocenters. The lowest BCUT2D eigenvalue weighted by Gasteiger charge is -2.13. The van der Waals surface area contributed by atoms with E-state index in [0.29, 0.717) is 22.2 Å². The fraction of sp³-hybridized carbons (Fsp3) is 0.0909. The van der Waals surface area contributed by atoms with Crippen molar-refractivity contribution in [2.75, 3.05) is 4.90 Å². The van der Waals surface area contributed by atoms with E-state index in [1.54, 1.807) is 48.5 Å². The minimum absolute atomic E-state index is 0.103. The van der Waals surface area contributed by atoms with Crippen molar-refractivity contribution >= 4 is 40.3 Å². The highest BCUT2D eigenvalue weighted by Crippen LogP contribution is 2.27. The third-order valence-electron chi connectivity index (χ3n) is 4.64. The van der Waals surface area contributed by atoms with Crippen LogP contribution in [0.1, 0.15) is 29.3 Å². The zero-order valence-corrected chi connectivity index (χ0v) is 15.0. The summed E-state index contributed by atoms with van der Waals surface area (Å²) in [4.78, 5) is 50.2. The van der Waals surface area contributed by atoms with Crippen LogP contribution in [0.3, 0.4) is 0 Å². The fourth-order valence-electron chi connectivity index (χ4n) is 3.17. The lowest BCUT2D eigenvalue weighted by Crippen LogP contribution is -2.28. The second-order valence-electron chi connectivity index (χ2n) is 6.50. The Bertz CT molecular complexity index is 1220. The number of para-hydroxylation sites is 1. The molecule has 0 aliphatic carbocycles. The average Bonchev–Trinajstić information content (AvgIpc) is 2.97. The summed E-state index contributed by atoms with van der Waals surface area (Å²) in [5.74, 6) is -0.987. The maximum absolute atomic E-state index is 12.8. The number of hydrogen-bond donors (Lipinski definition) is 0. The Morgan fingerprint density at radius 2 is 1.75 bits per heavy atom. The van der Waals surface area contributed by atoms with Gasteiger partial charge in [0.1, 0.15) is 11.8 Å². The summed E-state index contributed by atoms with van der Waals surface area (Å²) < 4.78 is 5.46. The molecule has 0 spiro atoms. The average molecular weight is 373 g/mol. The molecule has 1 saturated heterocycles. The Balaban J connectivity index is 1.70. The number of anilines is 1. The van der Waals surface area contributed by atoms with Gasteiger partial charge in [-0.15, -0.1) is 0 Å². The standard InChI is InChI=1S/C22H15NO5/c1-13(24)14-6-8-17(9-7-14)23-20(25)11-15(22(23)27)10-16-12-28-19-5-3-2-4-18(19)21(16)26/h2-10,12H,11H2,1H3. The van der Waals surface area contributed by atoms with Gasteiger partial charge in [0.25, 0.3) is 5.91 Å². The summed E-state index contributed by atoms with van der Waals surface area (Å²) in [5, 5.41) is 0.408. The van der Waals surface area contributed by atoms with Gasteiger partial charge in [0.15, 0.2) is 11.2 Å². The van der Waals surface area contributed by atoms with Crippen LogP contribution in [0, 0.1) is 0 Å². The molecule has 3 aromatic rings. The Hall–Kier alpha value is -3.80. The van der Waals surface area contributed by atoms with Gasteiger partial charge < -0.3 is 4.42 Å². The number of amides is 2. The van der Waals surface area contributed by atoms with E-state index < -0.39 is 11.8 Å². The summed E-state index contributed by atoms with van der Waals surface area (Å²) in [7, 11) is 0. The van der Waals surface area contributed by atoms with Crippen molar-refractivity contribution < 1.29 is 18.8 Å². The molecule has 1 aromatic heterocycles. The molecule has 0 N–H and O–H groups in total. The van der Waals surface area contributed by atoms with E-state index in [4.69, 9.17) is 4.42 Å². The topological polar surface area (TPSA) is 84.7 Å². The van der Waals surface area contributed by atoms with Crippen LogP contribution < -0.4 is 10.3 Å². The molecule has 2 heterocycles. The van der Waals surface area contributed by atoms with Gasteiger partial charge in [0.2, 0.25) is 5.91 Å². The number of carbonyl (C=O) groups is 3. The van der Waals surface area contributed by atoms with Crippen molar-refractivity contribution in [3.8, 4) is 0 Å². The zero-order valence-electron chi connectivity index (χ0n) is 15.0. The quantitative estimate of drug-likeness (QED) is 0.399. The van der Waals surface area contributed by atoms with Gasteiger partial charge in [-0.3, -0.25) is 19.2 Å². The van der Waals surface area contributed by atoms with Crippen LogP contribution in [0.2, 0.25) is 0 Å². The predicted octanol–water partition coefficient (Wildman–Crippen LogP) is 3.34. The molecule has 6 heteroatoms. The number of benzene rings is 2. The highest BCUT2D eigenvalue weighted by molar-refractivity contribution is 6.29. The largest absolute Gasteiger partial charge is 0.463 e. The van der Waals surface area contributed by atoms with Crippen molar-refractivity contribution in [3.05, 3.63) is 81.7 Å². The number of carbonyl (C=O) groups excluding carboxylic acids is 3. The van der Waals surface area contributed by atoms with Gasteiger partial charge in [-0.05, 0) is 49.4 Å². The SMILES string of the molecule is CC(=O)c1ccc(N2C(=O)CC(=Cc3coc4ccccc4c3=O)C2=O)cc1. The van der Waals surface area contributed by atoms with E-state index >= 15 is 0 Å². The van der Waals surface area contributed by atoms with Gasteiger partial charge in [0, 0.05) is 11.1 Å². The molecule has 0 saturated carbocycles. The highest BCUT2D eigenvalue weighted by Gasteiger charge is 2.35. The number of nitrogens with zero attached hydrogens (tertiary/aromatic N) is 1. The van der Waals surface area contributed by atoms with Gasteiger partial charge in [-0.25, -0.2) is 4.90 Å². The molecule has 1 fully saturated rings. The summed E-state index contributed by atoms with van der Waals surface area (Å²) in [6.07, 6.45) is 2.59. The summed E-state index contributed by atoms with van der Waals surface area (Å²) in [5.41, 5.74) is 1.49. The maximum atomic E-state index is 12.8. The Morgan fingerprint density at radius 1 is 1.04 bits per heavy atom. The van der Waals surface area contributed by atoms with Crippen molar-refractivity contribution in [1.29, 1.82) is 0 Å². The van der Waals surface area contributed by atoms with Gasteiger partial charge in [-0.1, -0.05) is 12.1 Å². The molecular weight excluding hydrogens is 358 g/mol. The van der Waals surface area contributed by atoms with Crippen LogP contribution >= 0.6 is 0 Å². The van der Waals surface area contributed by atoms with Gasteiger partial charge in [-0.2, -0.15) is 0 Å². The zero-order chi connectivity index (χ0) is 19.8. The fourth-order valence-corrected chi connectivity index (χ4v) is 3.17. The molecule has 2 amide bonds. The molecule has 0 radical (unpaired) electrons. The molecule has 28 heavy (non-hydrogen) atoms. The number of Topliss-reactive ketones (excluding diaryl/α,β-unsaturated/α-hetero) is 1. The highest BCUT2D eigenvalue weighted by atomic mass is 16.3. The molecule has 6 nitrogen and oxygen atoms in total. The third-order valence-corrected chi connectivity index (χ3v) is 4.64. The van der Waals surface area contributed by atoms with Crippen molar-refractivity contribution in [3.63, 3.8) is 0 Å². The summed E-state index contributed by atoms with van der Waals surface area (Å²) >= 11 is 0. The lowest BCUT2D eigenvalue weighted by atomic mass is 10.1. The van der Waals surface area contributed by atoms with E-state index in [9.17, 15) is 19.2 Å². The van der Waals surface area contributed by atoms with Crippen LogP contribution in [0.5, 0.6) is 0 Å². The first-order chi connectivity index (χ1) is 13.5. The molecule has 0 unspecified atom stereocenters. The first kappa shape index (κ1) is 17.6. The number of imide groups is 1. The van der Waals surface area contributed by atoms with Crippen LogP contribution in [-0.4, -0.2) is 17.6 Å². The Morgan fingerprint density at radius 3 is 2.46 bits per heavy atom.